The summed E-state index contributed by atoms with van der Waals surface area (Å²) in [6.07, 6.45) is 3.83. The van der Waals surface area contributed by atoms with Crippen molar-refractivity contribution in [2.24, 2.45) is 0 Å². The van der Waals surface area contributed by atoms with Crippen LogP contribution in [0, 0.1) is 0 Å². The van der Waals surface area contributed by atoms with E-state index in [1.165, 1.54) is 10.1 Å². The number of rotatable bonds is 1. The molecule has 2 heterocycles. The Morgan fingerprint density at radius 3 is 2.57 bits per heavy atom. The molecule has 2 aromatic heterocycles. The van der Waals surface area contributed by atoms with E-state index in [-0.39, 0.29) is 0 Å². The van der Waals surface area contributed by atoms with Gasteiger partial charge in [-0.25, -0.2) is 0 Å². The molecule has 0 radical (unpaired) electrons. The summed E-state index contributed by atoms with van der Waals surface area (Å²) in [4.78, 5) is 11.5. The standard InChI is InChI=1S/C7H3BrNS.3CH3.Sn/c8-6-4-9-3-5-1-2-10-7(5)6;;;;/h1,3-4H;3*1H3;. The van der Waals surface area contributed by atoms with Crippen molar-refractivity contribution in [1.29, 1.82) is 0 Å². The van der Waals surface area contributed by atoms with Crippen molar-refractivity contribution in [1.82, 2.24) is 4.98 Å². The first-order valence-corrected chi connectivity index (χ1v) is 16.1. The van der Waals surface area contributed by atoms with Crippen LogP contribution in [0.15, 0.2) is 22.9 Å². The van der Waals surface area contributed by atoms with E-state index in [9.17, 15) is 0 Å². The molecule has 0 unspecified atom stereocenters. The van der Waals surface area contributed by atoms with Crippen LogP contribution in [0.25, 0.3) is 10.1 Å². The Bertz CT molecular complexity index is 472. The minimum absolute atomic E-state index is 1.13. The number of aromatic nitrogens is 1. The van der Waals surface area contributed by atoms with Crippen LogP contribution in [0.2, 0.25) is 14.8 Å². The van der Waals surface area contributed by atoms with Crippen LogP contribution in [-0.4, -0.2) is 23.4 Å². The van der Waals surface area contributed by atoms with Crippen LogP contribution in [0.3, 0.4) is 0 Å². The molecule has 0 N–H and O–H groups in total. The zero-order chi connectivity index (χ0) is 10.3. The van der Waals surface area contributed by atoms with Gasteiger partial charge in [-0.15, -0.1) is 0 Å². The van der Waals surface area contributed by atoms with Gasteiger partial charge in [-0.1, -0.05) is 0 Å². The third kappa shape index (κ3) is 1.99. The van der Waals surface area contributed by atoms with Gasteiger partial charge < -0.3 is 0 Å². The molecular formula is C10H12BrNSSn. The van der Waals surface area contributed by atoms with Crippen LogP contribution in [0.5, 0.6) is 0 Å². The molecule has 0 aliphatic rings. The molecule has 0 aliphatic carbocycles. The van der Waals surface area contributed by atoms with E-state index < -0.39 is 18.4 Å². The van der Waals surface area contributed by atoms with Gasteiger partial charge in [0, 0.05) is 0 Å². The van der Waals surface area contributed by atoms with Gasteiger partial charge >= 0.3 is 101 Å². The van der Waals surface area contributed by atoms with Crippen molar-refractivity contribution in [3.8, 4) is 0 Å². The van der Waals surface area contributed by atoms with Crippen molar-refractivity contribution in [2.75, 3.05) is 0 Å². The topological polar surface area (TPSA) is 12.9 Å². The van der Waals surface area contributed by atoms with Gasteiger partial charge in [-0.05, 0) is 0 Å². The number of hydrogen-bond donors (Lipinski definition) is 0. The van der Waals surface area contributed by atoms with E-state index in [0.29, 0.717) is 0 Å². The second-order valence-electron chi connectivity index (χ2n) is 4.40. The first-order chi connectivity index (χ1) is 6.48. The average Bonchev–Trinajstić information content (AvgIpc) is 2.48. The van der Waals surface area contributed by atoms with Crippen LogP contribution in [0.1, 0.15) is 0 Å². The summed E-state index contributed by atoms with van der Waals surface area (Å²) >= 11 is 3.60. The summed E-state index contributed by atoms with van der Waals surface area (Å²) in [6, 6.07) is 2.33. The van der Waals surface area contributed by atoms with Gasteiger partial charge in [0.15, 0.2) is 0 Å². The van der Waals surface area contributed by atoms with Crippen molar-refractivity contribution in [2.45, 2.75) is 14.8 Å². The zero-order valence-corrected chi connectivity index (χ0v) is 13.7. The van der Waals surface area contributed by atoms with Gasteiger partial charge in [0.1, 0.15) is 0 Å². The Labute approximate surface area is 101 Å². The van der Waals surface area contributed by atoms with Gasteiger partial charge in [0.25, 0.3) is 0 Å². The second kappa shape index (κ2) is 3.76. The number of hydrogen-bond acceptors (Lipinski definition) is 2. The first-order valence-electron chi connectivity index (χ1n) is 4.52. The number of halogens is 1. The molecular weight excluding hydrogens is 365 g/mol. The van der Waals surface area contributed by atoms with Crippen molar-refractivity contribution < 1.29 is 0 Å². The summed E-state index contributed by atoms with van der Waals surface area (Å²) < 4.78 is 4.09. The molecule has 2 aromatic rings. The Hall–Kier alpha value is 0.389. The molecule has 0 aromatic carbocycles. The van der Waals surface area contributed by atoms with E-state index in [2.05, 4.69) is 41.8 Å². The van der Waals surface area contributed by atoms with Gasteiger partial charge in [0.2, 0.25) is 0 Å². The first kappa shape index (κ1) is 10.9. The fourth-order valence-electron chi connectivity index (χ4n) is 1.30. The van der Waals surface area contributed by atoms with Gasteiger partial charge in [-0.2, -0.15) is 0 Å². The average molecular weight is 377 g/mol. The van der Waals surface area contributed by atoms with Crippen LogP contribution >= 0.6 is 27.3 Å². The summed E-state index contributed by atoms with van der Waals surface area (Å²) in [5, 5.41) is 1.28. The SMILES string of the molecule is [CH3][Sn]([CH3])([CH3])[c]1cc2cncc(Br)c2s1. The Morgan fingerprint density at radius 1 is 1.29 bits per heavy atom. The number of fused-ring (bicyclic) bond motifs is 1. The van der Waals surface area contributed by atoms with Gasteiger partial charge in [-0.3, -0.25) is 0 Å². The van der Waals surface area contributed by atoms with E-state index >= 15 is 0 Å². The minimum atomic E-state index is -1.88. The molecule has 0 atom stereocenters. The molecule has 0 bridgehead atoms. The fraction of sp³-hybridized carbons (Fsp3) is 0.300. The van der Waals surface area contributed by atoms with E-state index in [1.54, 1.807) is 2.89 Å². The zero-order valence-electron chi connectivity index (χ0n) is 8.47. The molecule has 4 heteroatoms. The molecule has 2 rings (SSSR count). The van der Waals surface area contributed by atoms with Crippen LogP contribution in [0.4, 0.5) is 0 Å². The molecule has 0 fully saturated rings. The maximum absolute atomic E-state index is 4.19. The Balaban J connectivity index is 2.69. The number of thiophene rings is 1. The third-order valence-corrected chi connectivity index (χ3v) is 13.6. The van der Waals surface area contributed by atoms with Crippen molar-refractivity contribution in [3.05, 3.63) is 22.9 Å². The summed E-state index contributed by atoms with van der Waals surface area (Å²) in [6.45, 7) is 0. The molecule has 14 heavy (non-hydrogen) atoms. The van der Waals surface area contributed by atoms with E-state index in [4.69, 9.17) is 0 Å². The van der Waals surface area contributed by atoms with Gasteiger partial charge in [0.05, 0.1) is 0 Å². The quantitative estimate of drug-likeness (QED) is 0.693. The van der Waals surface area contributed by atoms with E-state index in [1.807, 2.05) is 23.7 Å². The number of nitrogens with zero attached hydrogens (tertiary/aromatic N) is 1. The maximum atomic E-state index is 4.19. The number of pyridine rings is 1. The van der Waals surface area contributed by atoms with Crippen molar-refractivity contribution >= 4 is 58.6 Å². The Kier molecular flexibility index (Phi) is 2.92. The monoisotopic (exact) mass is 377 g/mol. The molecule has 74 valence electrons. The molecule has 0 aliphatic heterocycles. The molecule has 0 spiro atoms. The molecule has 0 saturated heterocycles. The second-order valence-corrected chi connectivity index (χ2v) is 21.7. The molecule has 0 amide bonds. The Morgan fingerprint density at radius 2 is 2.00 bits per heavy atom. The normalized spacial score (nSPS) is 12.3. The predicted octanol–water partition coefficient (Wildman–Crippen LogP) is 3.60. The summed E-state index contributed by atoms with van der Waals surface area (Å²) in [5.74, 6) is 0. The summed E-state index contributed by atoms with van der Waals surface area (Å²) in [7, 11) is 0. The molecule has 1 nitrogen and oxygen atoms in total. The van der Waals surface area contributed by atoms with Crippen molar-refractivity contribution in [3.63, 3.8) is 0 Å². The van der Waals surface area contributed by atoms with E-state index in [0.717, 1.165) is 4.47 Å². The van der Waals surface area contributed by atoms with Crippen LogP contribution < -0.4 is 2.89 Å². The summed E-state index contributed by atoms with van der Waals surface area (Å²) in [5.41, 5.74) is 0. The molecule has 0 saturated carbocycles. The fourth-order valence-corrected chi connectivity index (χ4v) is 8.16. The third-order valence-electron chi connectivity index (χ3n) is 2.12. The van der Waals surface area contributed by atoms with Crippen LogP contribution in [-0.2, 0) is 0 Å². The predicted molar refractivity (Wildman–Crippen MR) is 70.3 cm³/mol.